The topological polar surface area (TPSA) is 38.0 Å². The SMILES string of the molecule is CC(C)(CNCCCCN)c1cccc(F)c1. The lowest BCUT2D eigenvalue weighted by atomic mass is 9.84. The molecule has 0 fully saturated rings. The highest BCUT2D eigenvalue weighted by Gasteiger charge is 2.20. The first-order valence-corrected chi connectivity index (χ1v) is 6.23. The minimum absolute atomic E-state index is 0.0508. The van der Waals surface area contributed by atoms with E-state index in [1.165, 1.54) is 6.07 Å². The van der Waals surface area contributed by atoms with Gasteiger partial charge >= 0.3 is 0 Å². The molecule has 0 amide bonds. The summed E-state index contributed by atoms with van der Waals surface area (Å²) in [5, 5.41) is 3.40. The largest absolute Gasteiger partial charge is 0.330 e. The van der Waals surface area contributed by atoms with Crippen LogP contribution in [0.3, 0.4) is 0 Å². The average molecular weight is 238 g/mol. The Hall–Kier alpha value is -0.930. The molecule has 0 unspecified atom stereocenters. The maximum atomic E-state index is 13.2. The van der Waals surface area contributed by atoms with Crippen molar-refractivity contribution in [2.75, 3.05) is 19.6 Å². The van der Waals surface area contributed by atoms with Crippen LogP contribution in [0.2, 0.25) is 0 Å². The smallest absolute Gasteiger partial charge is 0.123 e. The zero-order valence-electron chi connectivity index (χ0n) is 10.8. The van der Waals surface area contributed by atoms with Crippen molar-refractivity contribution in [1.82, 2.24) is 5.32 Å². The summed E-state index contributed by atoms with van der Waals surface area (Å²) in [5.41, 5.74) is 6.42. The predicted molar refractivity (Wildman–Crippen MR) is 70.6 cm³/mol. The number of hydrogen-bond acceptors (Lipinski definition) is 2. The van der Waals surface area contributed by atoms with E-state index in [0.29, 0.717) is 0 Å². The van der Waals surface area contributed by atoms with E-state index < -0.39 is 0 Å². The maximum absolute atomic E-state index is 13.2. The highest BCUT2D eigenvalue weighted by molar-refractivity contribution is 5.24. The Labute approximate surface area is 103 Å². The van der Waals surface area contributed by atoms with Crippen LogP contribution in [0.1, 0.15) is 32.3 Å². The molecule has 1 rings (SSSR count). The van der Waals surface area contributed by atoms with Crippen LogP contribution in [0.25, 0.3) is 0 Å². The lowest BCUT2D eigenvalue weighted by Gasteiger charge is -2.25. The minimum Gasteiger partial charge on any atom is -0.330 e. The number of halogens is 1. The third-order valence-electron chi connectivity index (χ3n) is 2.98. The summed E-state index contributed by atoms with van der Waals surface area (Å²) in [6.07, 6.45) is 2.14. The second-order valence-corrected chi connectivity index (χ2v) is 5.07. The molecular weight excluding hydrogens is 215 g/mol. The molecule has 17 heavy (non-hydrogen) atoms. The van der Waals surface area contributed by atoms with Gasteiger partial charge in [-0.1, -0.05) is 26.0 Å². The van der Waals surface area contributed by atoms with E-state index >= 15 is 0 Å². The van der Waals surface area contributed by atoms with Crippen LogP contribution in [0, 0.1) is 5.82 Å². The van der Waals surface area contributed by atoms with Gasteiger partial charge in [-0.2, -0.15) is 0 Å². The fraction of sp³-hybridized carbons (Fsp3) is 0.571. The van der Waals surface area contributed by atoms with E-state index in [0.717, 1.165) is 38.0 Å². The zero-order chi connectivity index (χ0) is 12.7. The average Bonchev–Trinajstić information content (AvgIpc) is 2.29. The van der Waals surface area contributed by atoms with E-state index in [-0.39, 0.29) is 11.2 Å². The summed E-state index contributed by atoms with van der Waals surface area (Å²) in [6.45, 7) is 6.81. The van der Waals surface area contributed by atoms with Gasteiger partial charge in [0.1, 0.15) is 5.82 Å². The summed E-state index contributed by atoms with van der Waals surface area (Å²) in [4.78, 5) is 0. The van der Waals surface area contributed by atoms with Crippen molar-refractivity contribution in [2.45, 2.75) is 32.1 Å². The molecule has 0 aliphatic carbocycles. The third-order valence-corrected chi connectivity index (χ3v) is 2.98. The van der Waals surface area contributed by atoms with E-state index in [2.05, 4.69) is 19.2 Å². The predicted octanol–water partition coefficient (Wildman–Crippen LogP) is 2.43. The zero-order valence-corrected chi connectivity index (χ0v) is 10.8. The summed E-state index contributed by atoms with van der Waals surface area (Å²) >= 11 is 0. The van der Waals surface area contributed by atoms with Crippen LogP contribution >= 0.6 is 0 Å². The highest BCUT2D eigenvalue weighted by atomic mass is 19.1. The van der Waals surface area contributed by atoms with Crippen molar-refractivity contribution in [3.63, 3.8) is 0 Å². The van der Waals surface area contributed by atoms with Crippen molar-refractivity contribution < 1.29 is 4.39 Å². The highest BCUT2D eigenvalue weighted by Crippen LogP contribution is 2.22. The quantitative estimate of drug-likeness (QED) is 0.716. The molecule has 0 bridgehead atoms. The van der Waals surface area contributed by atoms with Gasteiger partial charge in [-0.05, 0) is 43.6 Å². The summed E-state index contributed by atoms with van der Waals surface area (Å²) in [6, 6.07) is 6.83. The molecule has 0 aliphatic heterocycles. The second kappa shape index (κ2) is 6.72. The van der Waals surface area contributed by atoms with Crippen LogP contribution in [0.4, 0.5) is 4.39 Å². The van der Waals surface area contributed by atoms with E-state index in [9.17, 15) is 4.39 Å². The monoisotopic (exact) mass is 238 g/mol. The Kier molecular flexibility index (Phi) is 5.59. The molecule has 3 N–H and O–H groups in total. The van der Waals surface area contributed by atoms with Crippen LogP contribution in [0.5, 0.6) is 0 Å². The maximum Gasteiger partial charge on any atom is 0.123 e. The molecule has 0 saturated heterocycles. The van der Waals surface area contributed by atoms with E-state index in [1.807, 2.05) is 6.07 Å². The first-order valence-electron chi connectivity index (χ1n) is 6.23. The number of nitrogens with two attached hydrogens (primary N) is 1. The van der Waals surface area contributed by atoms with Crippen molar-refractivity contribution in [3.8, 4) is 0 Å². The Morgan fingerprint density at radius 3 is 2.71 bits per heavy atom. The minimum atomic E-state index is -0.168. The van der Waals surface area contributed by atoms with Crippen LogP contribution < -0.4 is 11.1 Å². The number of hydrogen-bond donors (Lipinski definition) is 2. The van der Waals surface area contributed by atoms with E-state index in [1.54, 1.807) is 12.1 Å². The normalized spacial score (nSPS) is 11.8. The third kappa shape index (κ3) is 4.84. The fourth-order valence-electron chi connectivity index (χ4n) is 1.81. The molecule has 3 heteroatoms. The van der Waals surface area contributed by atoms with E-state index in [4.69, 9.17) is 5.73 Å². The number of nitrogens with one attached hydrogen (secondary N) is 1. The molecule has 2 nitrogen and oxygen atoms in total. The molecule has 0 atom stereocenters. The van der Waals surface area contributed by atoms with Gasteiger partial charge in [-0.25, -0.2) is 4.39 Å². The van der Waals surface area contributed by atoms with Crippen molar-refractivity contribution in [2.24, 2.45) is 5.73 Å². The molecule has 0 aliphatic rings. The van der Waals surface area contributed by atoms with Gasteiger partial charge < -0.3 is 11.1 Å². The number of benzene rings is 1. The Morgan fingerprint density at radius 1 is 1.29 bits per heavy atom. The number of unbranched alkanes of at least 4 members (excludes halogenated alkanes) is 1. The summed E-state index contributed by atoms with van der Waals surface area (Å²) in [5.74, 6) is -0.168. The molecule has 96 valence electrons. The van der Waals surface area contributed by atoms with Gasteiger partial charge in [0.15, 0.2) is 0 Å². The fourth-order valence-corrected chi connectivity index (χ4v) is 1.81. The molecule has 0 aromatic heterocycles. The van der Waals surface area contributed by atoms with Crippen molar-refractivity contribution >= 4 is 0 Å². The van der Waals surface area contributed by atoms with Gasteiger partial charge in [-0.15, -0.1) is 0 Å². The molecule has 1 aromatic carbocycles. The van der Waals surface area contributed by atoms with Gasteiger partial charge in [0.25, 0.3) is 0 Å². The Balaban J connectivity index is 2.45. The Bertz CT molecular complexity index is 337. The van der Waals surface area contributed by atoms with Crippen molar-refractivity contribution in [3.05, 3.63) is 35.6 Å². The van der Waals surface area contributed by atoms with Crippen molar-refractivity contribution in [1.29, 1.82) is 0 Å². The molecule has 0 radical (unpaired) electrons. The van der Waals surface area contributed by atoms with Gasteiger partial charge in [-0.3, -0.25) is 0 Å². The molecule has 0 spiro atoms. The summed E-state index contributed by atoms with van der Waals surface area (Å²) < 4.78 is 13.2. The molecule has 0 saturated carbocycles. The summed E-state index contributed by atoms with van der Waals surface area (Å²) in [7, 11) is 0. The van der Waals surface area contributed by atoms with Gasteiger partial charge in [0.05, 0.1) is 0 Å². The Morgan fingerprint density at radius 2 is 2.06 bits per heavy atom. The number of rotatable bonds is 7. The van der Waals surface area contributed by atoms with Crippen LogP contribution in [0.15, 0.2) is 24.3 Å². The standard InChI is InChI=1S/C14H23FN2/c1-14(2,11-17-9-4-3-8-16)12-6-5-7-13(15)10-12/h5-7,10,17H,3-4,8-9,11,16H2,1-2H3. The molecular formula is C14H23FN2. The lowest BCUT2D eigenvalue weighted by Crippen LogP contribution is -2.33. The first kappa shape index (κ1) is 14.1. The lowest BCUT2D eigenvalue weighted by molar-refractivity contribution is 0.461. The first-order chi connectivity index (χ1) is 8.06. The van der Waals surface area contributed by atoms with Crippen LogP contribution in [-0.2, 0) is 5.41 Å². The van der Waals surface area contributed by atoms with Crippen LogP contribution in [-0.4, -0.2) is 19.6 Å². The molecule has 1 aromatic rings. The van der Waals surface area contributed by atoms with Gasteiger partial charge in [0.2, 0.25) is 0 Å². The molecule has 0 heterocycles. The van der Waals surface area contributed by atoms with Gasteiger partial charge in [0, 0.05) is 12.0 Å². The second-order valence-electron chi connectivity index (χ2n) is 5.07.